The van der Waals surface area contributed by atoms with Crippen LogP contribution in [0.3, 0.4) is 0 Å². The monoisotopic (exact) mass is 336 g/mol. The number of carbonyl (C=O) groups is 2. The van der Waals surface area contributed by atoms with Gasteiger partial charge in [-0.3, -0.25) is 0 Å². The van der Waals surface area contributed by atoms with Crippen LogP contribution in [0.4, 0.5) is 4.79 Å². The second-order valence-electron chi connectivity index (χ2n) is 5.13. The SMILES string of the molecule is COCCOC(=O)C1=C(C)NC(=O)NC1c1ccc(O)c(OC)c1. The molecule has 2 amide bonds. The van der Waals surface area contributed by atoms with Crippen LogP contribution in [0.25, 0.3) is 0 Å². The summed E-state index contributed by atoms with van der Waals surface area (Å²) in [4.78, 5) is 24.2. The van der Waals surface area contributed by atoms with Crippen LogP contribution in [0.1, 0.15) is 18.5 Å². The molecule has 0 radical (unpaired) electrons. The lowest BCUT2D eigenvalue weighted by atomic mass is 9.95. The fraction of sp³-hybridized carbons (Fsp3) is 0.375. The average Bonchev–Trinajstić information content (AvgIpc) is 2.54. The molecule has 0 spiro atoms. The van der Waals surface area contributed by atoms with Gasteiger partial charge in [0.1, 0.15) is 6.61 Å². The Labute approximate surface area is 139 Å². The third-order valence-corrected chi connectivity index (χ3v) is 3.55. The number of urea groups is 1. The number of methoxy groups -OCH3 is 2. The number of phenols is 1. The van der Waals surface area contributed by atoms with Crippen molar-refractivity contribution in [1.82, 2.24) is 10.6 Å². The van der Waals surface area contributed by atoms with Crippen molar-refractivity contribution in [3.05, 3.63) is 35.0 Å². The Hall–Kier alpha value is -2.74. The quantitative estimate of drug-likeness (QED) is 0.533. The van der Waals surface area contributed by atoms with Crippen molar-refractivity contribution >= 4 is 12.0 Å². The van der Waals surface area contributed by atoms with E-state index in [-0.39, 0.29) is 30.3 Å². The molecule has 1 unspecified atom stereocenters. The minimum absolute atomic E-state index is 0.0357. The minimum atomic E-state index is -0.719. The van der Waals surface area contributed by atoms with Crippen molar-refractivity contribution in [1.29, 1.82) is 0 Å². The van der Waals surface area contributed by atoms with Crippen LogP contribution in [-0.4, -0.2) is 44.5 Å². The summed E-state index contributed by atoms with van der Waals surface area (Å²) >= 11 is 0. The Morgan fingerprint density at radius 3 is 2.71 bits per heavy atom. The highest BCUT2D eigenvalue weighted by Crippen LogP contribution is 2.33. The molecule has 3 N–H and O–H groups in total. The fourth-order valence-electron chi connectivity index (χ4n) is 2.38. The standard InChI is InChI=1S/C16H20N2O6/c1-9-13(15(20)24-7-6-22-2)14(18-16(21)17-9)10-4-5-11(19)12(8-10)23-3/h4-5,8,14,19H,6-7H2,1-3H3,(H2,17,18,21). The number of allylic oxidation sites excluding steroid dienone is 1. The van der Waals surface area contributed by atoms with E-state index in [2.05, 4.69) is 10.6 Å². The van der Waals surface area contributed by atoms with E-state index in [1.165, 1.54) is 20.3 Å². The van der Waals surface area contributed by atoms with E-state index in [9.17, 15) is 14.7 Å². The molecule has 0 saturated carbocycles. The van der Waals surface area contributed by atoms with Crippen LogP contribution in [-0.2, 0) is 14.3 Å². The summed E-state index contributed by atoms with van der Waals surface area (Å²) in [7, 11) is 2.92. The summed E-state index contributed by atoms with van der Waals surface area (Å²) in [5.74, 6) is -0.356. The summed E-state index contributed by atoms with van der Waals surface area (Å²) in [6.45, 7) is 2.00. The van der Waals surface area contributed by atoms with Crippen molar-refractivity contribution in [2.75, 3.05) is 27.4 Å². The molecule has 1 aromatic carbocycles. The number of hydrogen-bond acceptors (Lipinski definition) is 6. The molecule has 8 heteroatoms. The third-order valence-electron chi connectivity index (χ3n) is 3.55. The van der Waals surface area contributed by atoms with Gasteiger partial charge in [0.05, 0.1) is 25.3 Å². The number of esters is 1. The fourth-order valence-corrected chi connectivity index (χ4v) is 2.38. The van der Waals surface area contributed by atoms with Crippen molar-refractivity contribution in [3.8, 4) is 11.5 Å². The number of amides is 2. The maximum absolute atomic E-state index is 12.4. The summed E-state index contributed by atoms with van der Waals surface area (Å²) in [5, 5.41) is 14.9. The Morgan fingerprint density at radius 1 is 1.29 bits per heavy atom. The average molecular weight is 336 g/mol. The van der Waals surface area contributed by atoms with Crippen LogP contribution in [0.15, 0.2) is 29.5 Å². The molecule has 0 saturated heterocycles. The zero-order valence-electron chi connectivity index (χ0n) is 13.7. The number of aromatic hydroxyl groups is 1. The molecule has 0 fully saturated rings. The van der Waals surface area contributed by atoms with Gasteiger partial charge in [-0.25, -0.2) is 9.59 Å². The Balaban J connectivity index is 2.36. The van der Waals surface area contributed by atoms with Crippen LogP contribution in [0.2, 0.25) is 0 Å². The Bertz CT molecular complexity index is 671. The second kappa shape index (κ2) is 7.69. The van der Waals surface area contributed by atoms with Crippen LogP contribution in [0, 0.1) is 0 Å². The van der Waals surface area contributed by atoms with E-state index in [0.29, 0.717) is 11.3 Å². The summed E-state index contributed by atoms with van der Waals surface area (Å²) in [5.41, 5.74) is 1.26. The number of hydrogen-bond donors (Lipinski definition) is 3. The van der Waals surface area contributed by atoms with Gasteiger partial charge in [-0.15, -0.1) is 0 Å². The van der Waals surface area contributed by atoms with Gasteiger partial charge in [0, 0.05) is 12.8 Å². The van der Waals surface area contributed by atoms with E-state index in [4.69, 9.17) is 14.2 Å². The number of ether oxygens (including phenoxy) is 3. The predicted molar refractivity (Wildman–Crippen MR) is 84.6 cm³/mol. The topological polar surface area (TPSA) is 106 Å². The first kappa shape index (κ1) is 17.6. The predicted octanol–water partition coefficient (Wildman–Crippen LogP) is 1.22. The third kappa shape index (κ3) is 3.77. The van der Waals surface area contributed by atoms with Gasteiger partial charge in [-0.05, 0) is 24.6 Å². The van der Waals surface area contributed by atoms with Gasteiger partial charge in [0.25, 0.3) is 0 Å². The van der Waals surface area contributed by atoms with Crippen LogP contribution >= 0.6 is 0 Å². The summed E-state index contributed by atoms with van der Waals surface area (Å²) in [6, 6.07) is 3.44. The Morgan fingerprint density at radius 2 is 2.04 bits per heavy atom. The lowest BCUT2D eigenvalue weighted by Crippen LogP contribution is -2.45. The van der Waals surface area contributed by atoms with Gasteiger partial charge in [-0.2, -0.15) is 0 Å². The van der Waals surface area contributed by atoms with Gasteiger partial charge >= 0.3 is 12.0 Å². The minimum Gasteiger partial charge on any atom is -0.504 e. The van der Waals surface area contributed by atoms with Gasteiger partial charge in [0.2, 0.25) is 0 Å². The first-order valence-electron chi connectivity index (χ1n) is 7.29. The van der Waals surface area contributed by atoms with Crippen molar-refractivity contribution < 1.29 is 28.9 Å². The first-order valence-corrected chi connectivity index (χ1v) is 7.29. The van der Waals surface area contributed by atoms with E-state index in [0.717, 1.165) is 0 Å². The zero-order chi connectivity index (χ0) is 17.7. The number of benzene rings is 1. The smallest absolute Gasteiger partial charge is 0.338 e. The molecule has 1 aromatic rings. The second-order valence-corrected chi connectivity index (χ2v) is 5.13. The number of carbonyl (C=O) groups excluding carboxylic acids is 2. The maximum Gasteiger partial charge on any atom is 0.338 e. The lowest BCUT2D eigenvalue weighted by molar-refractivity contribution is -0.140. The van der Waals surface area contributed by atoms with Gasteiger partial charge in [-0.1, -0.05) is 6.07 Å². The number of rotatable bonds is 6. The molecule has 8 nitrogen and oxygen atoms in total. The van der Waals surface area contributed by atoms with Gasteiger partial charge in [0.15, 0.2) is 11.5 Å². The molecular weight excluding hydrogens is 316 g/mol. The molecule has 24 heavy (non-hydrogen) atoms. The molecule has 0 bridgehead atoms. The highest BCUT2D eigenvalue weighted by molar-refractivity contribution is 5.95. The van der Waals surface area contributed by atoms with Crippen molar-refractivity contribution in [3.63, 3.8) is 0 Å². The highest BCUT2D eigenvalue weighted by Gasteiger charge is 2.32. The molecule has 0 aromatic heterocycles. The van der Waals surface area contributed by atoms with E-state index >= 15 is 0 Å². The normalized spacial score (nSPS) is 17.1. The van der Waals surface area contributed by atoms with E-state index < -0.39 is 18.0 Å². The number of phenolic OH excluding ortho intramolecular Hbond substituents is 1. The van der Waals surface area contributed by atoms with Crippen molar-refractivity contribution in [2.45, 2.75) is 13.0 Å². The maximum atomic E-state index is 12.4. The first-order chi connectivity index (χ1) is 11.5. The number of nitrogens with one attached hydrogen (secondary N) is 2. The highest BCUT2D eigenvalue weighted by atomic mass is 16.6. The molecule has 1 atom stereocenters. The lowest BCUT2D eigenvalue weighted by Gasteiger charge is -2.28. The summed E-state index contributed by atoms with van der Waals surface area (Å²) in [6.07, 6.45) is 0. The largest absolute Gasteiger partial charge is 0.504 e. The summed E-state index contributed by atoms with van der Waals surface area (Å²) < 4.78 is 15.1. The molecule has 2 rings (SSSR count). The molecule has 1 aliphatic rings. The molecular formula is C16H20N2O6. The molecule has 0 aliphatic carbocycles. The molecule has 1 aliphatic heterocycles. The van der Waals surface area contributed by atoms with E-state index in [1.54, 1.807) is 19.1 Å². The van der Waals surface area contributed by atoms with Gasteiger partial charge < -0.3 is 30.0 Å². The van der Waals surface area contributed by atoms with Crippen LogP contribution < -0.4 is 15.4 Å². The molecule has 130 valence electrons. The van der Waals surface area contributed by atoms with Crippen molar-refractivity contribution in [2.24, 2.45) is 0 Å². The van der Waals surface area contributed by atoms with Crippen LogP contribution in [0.5, 0.6) is 11.5 Å². The zero-order valence-corrected chi connectivity index (χ0v) is 13.7. The Kier molecular flexibility index (Phi) is 5.64. The van der Waals surface area contributed by atoms with E-state index in [1.807, 2.05) is 0 Å². The molecule has 1 heterocycles.